The number of carbonyl (C=O) groups excluding carboxylic acids is 1. The van der Waals surface area contributed by atoms with Crippen molar-refractivity contribution >= 4 is 5.91 Å². The number of aromatic nitrogens is 2. The van der Waals surface area contributed by atoms with Gasteiger partial charge in [0, 0.05) is 32.6 Å². The largest absolute Gasteiger partial charge is 0.381 e. The summed E-state index contributed by atoms with van der Waals surface area (Å²) in [4.78, 5) is 21.7. The number of carbonyl (C=O) groups is 1. The van der Waals surface area contributed by atoms with Gasteiger partial charge in [-0.1, -0.05) is 0 Å². The fourth-order valence-corrected chi connectivity index (χ4v) is 1.87. The molecule has 0 aliphatic carbocycles. The number of ether oxygens (including phenoxy) is 1. The van der Waals surface area contributed by atoms with Gasteiger partial charge in [-0.2, -0.15) is 0 Å². The van der Waals surface area contributed by atoms with Gasteiger partial charge in [0.25, 0.3) is 5.91 Å². The predicted octanol–water partition coefficient (Wildman–Crippen LogP) is 0.728. The highest BCUT2D eigenvalue weighted by molar-refractivity contribution is 5.91. The van der Waals surface area contributed by atoms with Crippen molar-refractivity contribution in [1.82, 2.24) is 14.9 Å². The van der Waals surface area contributed by atoms with Gasteiger partial charge in [-0.25, -0.2) is 4.98 Å². The van der Waals surface area contributed by atoms with Gasteiger partial charge >= 0.3 is 0 Å². The molecule has 1 aliphatic heterocycles. The van der Waals surface area contributed by atoms with Crippen molar-refractivity contribution in [2.45, 2.75) is 18.9 Å². The van der Waals surface area contributed by atoms with Crippen LogP contribution in [0.1, 0.15) is 23.3 Å². The molecule has 86 valence electrons. The zero-order valence-electron chi connectivity index (χ0n) is 9.30. The number of methoxy groups -OCH3 is 1. The third-order valence-corrected chi connectivity index (χ3v) is 2.84. The minimum atomic E-state index is -0.0392. The van der Waals surface area contributed by atoms with Crippen LogP contribution in [0.3, 0.4) is 0 Å². The van der Waals surface area contributed by atoms with Crippen molar-refractivity contribution in [2.75, 3.05) is 20.2 Å². The van der Waals surface area contributed by atoms with E-state index in [9.17, 15) is 4.79 Å². The van der Waals surface area contributed by atoms with Crippen LogP contribution < -0.4 is 0 Å². The first kappa shape index (κ1) is 11.0. The number of amides is 1. The van der Waals surface area contributed by atoms with E-state index in [1.54, 1.807) is 18.2 Å². The number of hydrogen-bond acceptors (Lipinski definition) is 4. The highest BCUT2D eigenvalue weighted by atomic mass is 16.5. The number of piperidine rings is 1. The molecule has 1 aromatic rings. The van der Waals surface area contributed by atoms with E-state index in [2.05, 4.69) is 9.97 Å². The zero-order chi connectivity index (χ0) is 11.4. The van der Waals surface area contributed by atoms with Gasteiger partial charge in [0.15, 0.2) is 0 Å². The minimum Gasteiger partial charge on any atom is -0.381 e. The molecule has 0 spiro atoms. The number of likely N-dealkylation sites (tertiary alicyclic amines) is 1. The van der Waals surface area contributed by atoms with E-state index in [0.717, 1.165) is 25.9 Å². The van der Waals surface area contributed by atoms with Crippen molar-refractivity contribution in [3.63, 3.8) is 0 Å². The molecular weight excluding hydrogens is 206 g/mol. The second-order valence-electron chi connectivity index (χ2n) is 3.82. The molecule has 5 nitrogen and oxygen atoms in total. The molecule has 0 aromatic carbocycles. The lowest BCUT2D eigenvalue weighted by Gasteiger charge is -2.30. The van der Waals surface area contributed by atoms with Crippen LogP contribution in [0.5, 0.6) is 0 Å². The van der Waals surface area contributed by atoms with Crippen LogP contribution in [0.25, 0.3) is 0 Å². The topological polar surface area (TPSA) is 55.3 Å². The summed E-state index contributed by atoms with van der Waals surface area (Å²) in [6, 6.07) is 0. The first-order valence-corrected chi connectivity index (χ1v) is 5.39. The quantitative estimate of drug-likeness (QED) is 0.738. The van der Waals surface area contributed by atoms with Crippen LogP contribution in [0.15, 0.2) is 18.6 Å². The molecule has 1 aromatic heterocycles. The van der Waals surface area contributed by atoms with E-state index in [1.807, 2.05) is 0 Å². The van der Waals surface area contributed by atoms with E-state index >= 15 is 0 Å². The summed E-state index contributed by atoms with van der Waals surface area (Å²) in [6.07, 6.45) is 6.67. The molecule has 2 rings (SSSR count). The van der Waals surface area contributed by atoms with Gasteiger partial charge in [-0.05, 0) is 12.8 Å². The zero-order valence-corrected chi connectivity index (χ0v) is 9.30. The first-order valence-electron chi connectivity index (χ1n) is 5.39. The smallest absolute Gasteiger partial charge is 0.274 e. The molecule has 5 heteroatoms. The van der Waals surface area contributed by atoms with E-state index < -0.39 is 0 Å². The molecule has 0 atom stereocenters. The van der Waals surface area contributed by atoms with Crippen molar-refractivity contribution in [2.24, 2.45) is 0 Å². The normalized spacial score (nSPS) is 17.4. The summed E-state index contributed by atoms with van der Waals surface area (Å²) in [7, 11) is 1.71. The summed E-state index contributed by atoms with van der Waals surface area (Å²) in [5.41, 5.74) is 0.415. The van der Waals surface area contributed by atoms with Crippen molar-refractivity contribution in [1.29, 1.82) is 0 Å². The van der Waals surface area contributed by atoms with Crippen LogP contribution >= 0.6 is 0 Å². The Morgan fingerprint density at radius 2 is 2.19 bits per heavy atom. The Hall–Kier alpha value is -1.49. The molecule has 1 saturated heterocycles. The van der Waals surface area contributed by atoms with E-state index in [-0.39, 0.29) is 12.0 Å². The summed E-state index contributed by atoms with van der Waals surface area (Å²) < 4.78 is 5.26. The summed E-state index contributed by atoms with van der Waals surface area (Å²) >= 11 is 0. The van der Waals surface area contributed by atoms with Crippen molar-refractivity contribution < 1.29 is 9.53 Å². The highest BCUT2D eigenvalue weighted by Gasteiger charge is 2.23. The van der Waals surface area contributed by atoms with Crippen LogP contribution in [-0.2, 0) is 4.74 Å². The molecular formula is C11H15N3O2. The lowest BCUT2D eigenvalue weighted by molar-refractivity contribution is 0.0347. The highest BCUT2D eigenvalue weighted by Crippen LogP contribution is 2.14. The Morgan fingerprint density at radius 1 is 1.44 bits per heavy atom. The minimum absolute atomic E-state index is 0.0392. The Kier molecular flexibility index (Phi) is 3.46. The maximum atomic E-state index is 12.0. The van der Waals surface area contributed by atoms with E-state index in [1.165, 1.54) is 12.4 Å². The molecule has 0 bridgehead atoms. The Morgan fingerprint density at radius 3 is 2.75 bits per heavy atom. The van der Waals surface area contributed by atoms with Gasteiger partial charge in [-0.15, -0.1) is 0 Å². The maximum absolute atomic E-state index is 12.0. The summed E-state index contributed by atoms with van der Waals surface area (Å²) in [5, 5.41) is 0. The lowest BCUT2D eigenvalue weighted by Crippen LogP contribution is -2.40. The molecule has 0 radical (unpaired) electrons. The molecule has 1 fully saturated rings. The molecule has 0 saturated carbocycles. The summed E-state index contributed by atoms with van der Waals surface area (Å²) in [6.45, 7) is 1.46. The standard InChI is InChI=1S/C11H15N3O2/c1-16-9-2-6-14(7-3-9)11(15)10-8-12-4-5-13-10/h4-5,8-9H,2-3,6-7H2,1H3. The van der Waals surface area contributed by atoms with Gasteiger partial charge < -0.3 is 9.64 Å². The van der Waals surface area contributed by atoms with Gasteiger partial charge in [0.2, 0.25) is 0 Å². The Balaban J connectivity index is 1.97. The molecule has 1 amide bonds. The molecule has 0 N–H and O–H groups in total. The summed E-state index contributed by atoms with van der Waals surface area (Å²) in [5.74, 6) is -0.0392. The third kappa shape index (κ3) is 2.36. The van der Waals surface area contributed by atoms with Gasteiger partial charge in [0.05, 0.1) is 12.3 Å². The first-order chi connectivity index (χ1) is 7.81. The van der Waals surface area contributed by atoms with Crippen LogP contribution in [0.2, 0.25) is 0 Å². The molecule has 0 unspecified atom stereocenters. The lowest BCUT2D eigenvalue weighted by atomic mass is 10.1. The van der Waals surface area contributed by atoms with Gasteiger partial charge in [0.1, 0.15) is 5.69 Å². The molecule has 1 aliphatic rings. The average molecular weight is 221 g/mol. The van der Waals surface area contributed by atoms with E-state index in [4.69, 9.17) is 4.74 Å². The third-order valence-electron chi connectivity index (χ3n) is 2.84. The number of hydrogen-bond donors (Lipinski definition) is 0. The van der Waals surface area contributed by atoms with Crippen LogP contribution in [0.4, 0.5) is 0 Å². The molecule has 16 heavy (non-hydrogen) atoms. The Labute approximate surface area is 94.5 Å². The fraction of sp³-hybridized carbons (Fsp3) is 0.545. The van der Waals surface area contributed by atoms with E-state index in [0.29, 0.717) is 5.69 Å². The predicted molar refractivity (Wildman–Crippen MR) is 58.0 cm³/mol. The van der Waals surface area contributed by atoms with Gasteiger partial charge in [-0.3, -0.25) is 9.78 Å². The van der Waals surface area contributed by atoms with Crippen molar-refractivity contribution in [3.8, 4) is 0 Å². The van der Waals surface area contributed by atoms with Crippen molar-refractivity contribution in [3.05, 3.63) is 24.3 Å². The Bertz CT molecular complexity index is 348. The molecule has 2 heterocycles. The SMILES string of the molecule is COC1CCN(C(=O)c2cnccn2)CC1. The number of nitrogens with zero attached hydrogens (tertiary/aromatic N) is 3. The van der Waals surface area contributed by atoms with Crippen LogP contribution in [-0.4, -0.2) is 47.1 Å². The van der Waals surface area contributed by atoms with Crippen LogP contribution in [0, 0.1) is 0 Å². The monoisotopic (exact) mass is 221 g/mol. The average Bonchev–Trinajstić information content (AvgIpc) is 2.39. The second-order valence-corrected chi connectivity index (χ2v) is 3.82. The second kappa shape index (κ2) is 5.03. The maximum Gasteiger partial charge on any atom is 0.274 e. The fourth-order valence-electron chi connectivity index (χ4n) is 1.87. The number of rotatable bonds is 2.